The van der Waals surface area contributed by atoms with E-state index < -0.39 is 5.97 Å². The van der Waals surface area contributed by atoms with Gasteiger partial charge in [-0.2, -0.15) is 0 Å². The van der Waals surface area contributed by atoms with Crippen LogP contribution in [0.1, 0.15) is 23.0 Å². The summed E-state index contributed by atoms with van der Waals surface area (Å²) < 4.78 is 6.76. The van der Waals surface area contributed by atoms with Crippen molar-refractivity contribution in [3.63, 3.8) is 0 Å². The van der Waals surface area contributed by atoms with Gasteiger partial charge in [0, 0.05) is 22.2 Å². The fourth-order valence-electron chi connectivity index (χ4n) is 2.83. The van der Waals surface area contributed by atoms with E-state index in [1.165, 1.54) is 0 Å². The van der Waals surface area contributed by atoms with Crippen LogP contribution in [0, 0.1) is 5.41 Å². The molecule has 0 atom stereocenters. The van der Waals surface area contributed by atoms with E-state index in [-0.39, 0.29) is 48.9 Å². The molecule has 146 valence electrons. The first-order valence-electron chi connectivity index (χ1n) is 8.49. The third kappa shape index (κ3) is 4.69. The summed E-state index contributed by atoms with van der Waals surface area (Å²) in [6.45, 7) is 1.97. The average Bonchev–Trinajstić information content (AvgIpc) is 3.01. The van der Waals surface area contributed by atoms with Crippen molar-refractivity contribution < 1.29 is 14.3 Å². The molecule has 1 amide bonds. The van der Waals surface area contributed by atoms with Gasteiger partial charge in [-0.05, 0) is 43.3 Å². The number of esters is 1. The lowest BCUT2D eigenvalue weighted by molar-refractivity contribution is -0.116. The lowest BCUT2D eigenvalue weighted by Crippen LogP contribution is -2.22. The highest BCUT2D eigenvalue weighted by Crippen LogP contribution is 2.21. The first kappa shape index (κ1) is 21.4. The molecule has 28 heavy (non-hydrogen) atoms. The van der Waals surface area contributed by atoms with E-state index in [1.807, 2.05) is 24.3 Å². The summed E-state index contributed by atoms with van der Waals surface area (Å²) in [4.78, 5) is 24.8. The van der Waals surface area contributed by atoms with Crippen molar-refractivity contribution in [2.75, 3.05) is 11.9 Å². The predicted octanol–water partition coefficient (Wildman–Crippen LogP) is 3.36. The summed E-state index contributed by atoms with van der Waals surface area (Å²) in [5.74, 6) is -0.782. The Bertz CT molecular complexity index is 1010. The third-order valence-corrected chi connectivity index (χ3v) is 4.08. The van der Waals surface area contributed by atoms with Crippen molar-refractivity contribution in [1.82, 2.24) is 4.57 Å². The standard InChI is InChI=1S/C20H20N4O3.HI/c1-2-27-20(26)17-11-14-5-3-4-6-16(14)24(17)12-18(25)23-15-9-7-13(8-10-15)19(21)22;/h3-11H,2,12H2,1H3,(H3,21,22)(H,23,25);1H. The first-order chi connectivity index (χ1) is 13.0. The number of para-hydroxylation sites is 1. The van der Waals surface area contributed by atoms with Gasteiger partial charge in [0.15, 0.2) is 0 Å². The molecule has 0 saturated carbocycles. The molecule has 3 aromatic rings. The summed E-state index contributed by atoms with van der Waals surface area (Å²) in [5.41, 5.74) is 7.70. The Morgan fingerprint density at radius 1 is 1.14 bits per heavy atom. The molecule has 0 spiro atoms. The van der Waals surface area contributed by atoms with E-state index in [1.54, 1.807) is 41.8 Å². The molecule has 3 rings (SSSR count). The van der Waals surface area contributed by atoms with E-state index in [9.17, 15) is 9.59 Å². The van der Waals surface area contributed by atoms with Crippen molar-refractivity contribution in [3.05, 3.63) is 65.9 Å². The average molecular weight is 492 g/mol. The minimum atomic E-state index is -0.465. The Morgan fingerprint density at radius 3 is 2.46 bits per heavy atom. The maximum Gasteiger partial charge on any atom is 0.354 e. The minimum Gasteiger partial charge on any atom is -0.461 e. The summed E-state index contributed by atoms with van der Waals surface area (Å²) >= 11 is 0. The van der Waals surface area contributed by atoms with Crippen LogP contribution in [0.2, 0.25) is 0 Å². The highest BCUT2D eigenvalue weighted by molar-refractivity contribution is 14.0. The quantitative estimate of drug-likeness (QED) is 0.212. The molecular weight excluding hydrogens is 471 g/mol. The van der Waals surface area contributed by atoms with Crippen molar-refractivity contribution in [3.8, 4) is 0 Å². The lowest BCUT2D eigenvalue weighted by atomic mass is 10.2. The smallest absolute Gasteiger partial charge is 0.354 e. The number of aromatic nitrogens is 1. The third-order valence-electron chi connectivity index (χ3n) is 4.08. The summed E-state index contributed by atoms with van der Waals surface area (Å²) in [6, 6.07) is 15.9. The number of nitrogens with zero attached hydrogens (tertiary/aromatic N) is 1. The zero-order chi connectivity index (χ0) is 19.4. The summed E-state index contributed by atoms with van der Waals surface area (Å²) in [6.07, 6.45) is 0. The number of nitrogens with two attached hydrogens (primary N) is 1. The van der Waals surface area contributed by atoms with Crippen LogP contribution in [0.25, 0.3) is 10.9 Å². The Hall–Kier alpha value is -2.88. The number of rotatable bonds is 6. The van der Waals surface area contributed by atoms with Gasteiger partial charge in [-0.3, -0.25) is 10.2 Å². The molecule has 2 aromatic carbocycles. The molecule has 0 saturated heterocycles. The van der Waals surface area contributed by atoms with Gasteiger partial charge in [-0.25, -0.2) is 4.79 Å². The van der Waals surface area contributed by atoms with Gasteiger partial charge in [-0.1, -0.05) is 18.2 Å². The Balaban J connectivity index is 0.00000280. The molecule has 8 heteroatoms. The number of halogens is 1. The van der Waals surface area contributed by atoms with Gasteiger partial charge in [0.05, 0.1) is 6.61 Å². The van der Waals surface area contributed by atoms with Crippen molar-refractivity contribution in [1.29, 1.82) is 5.41 Å². The van der Waals surface area contributed by atoms with Crippen LogP contribution >= 0.6 is 24.0 Å². The lowest BCUT2D eigenvalue weighted by Gasteiger charge is -2.11. The van der Waals surface area contributed by atoms with Gasteiger partial charge < -0.3 is 20.4 Å². The van der Waals surface area contributed by atoms with Gasteiger partial charge in [-0.15, -0.1) is 24.0 Å². The number of hydrogen-bond acceptors (Lipinski definition) is 4. The van der Waals surface area contributed by atoms with Crippen LogP contribution in [0.15, 0.2) is 54.6 Å². The van der Waals surface area contributed by atoms with Gasteiger partial charge >= 0.3 is 5.97 Å². The second-order valence-electron chi connectivity index (χ2n) is 5.93. The zero-order valence-electron chi connectivity index (χ0n) is 15.3. The molecule has 4 N–H and O–H groups in total. The van der Waals surface area contributed by atoms with Crippen molar-refractivity contribution in [2.24, 2.45) is 5.73 Å². The number of carbonyl (C=O) groups is 2. The topological polar surface area (TPSA) is 110 Å². The van der Waals surface area contributed by atoms with E-state index in [0.717, 1.165) is 10.9 Å². The van der Waals surface area contributed by atoms with E-state index >= 15 is 0 Å². The largest absolute Gasteiger partial charge is 0.461 e. The minimum absolute atomic E-state index is 0. The Labute approximate surface area is 179 Å². The predicted molar refractivity (Wildman–Crippen MR) is 119 cm³/mol. The molecule has 0 radical (unpaired) electrons. The van der Waals surface area contributed by atoms with Gasteiger partial charge in [0.25, 0.3) is 0 Å². The van der Waals surface area contributed by atoms with Gasteiger partial charge in [0.2, 0.25) is 5.91 Å². The van der Waals surface area contributed by atoms with Crippen molar-refractivity contribution in [2.45, 2.75) is 13.5 Å². The van der Waals surface area contributed by atoms with Gasteiger partial charge in [0.1, 0.15) is 18.1 Å². The maximum absolute atomic E-state index is 12.5. The van der Waals surface area contributed by atoms with Crippen LogP contribution in [-0.2, 0) is 16.1 Å². The van der Waals surface area contributed by atoms with E-state index in [4.69, 9.17) is 15.9 Å². The highest BCUT2D eigenvalue weighted by atomic mass is 127. The van der Waals surface area contributed by atoms with Crippen LogP contribution in [0.3, 0.4) is 0 Å². The molecule has 0 bridgehead atoms. The molecule has 1 heterocycles. The summed E-state index contributed by atoms with van der Waals surface area (Å²) in [7, 11) is 0. The van der Waals surface area contributed by atoms with Crippen molar-refractivity contribution >= 4 is 58.3 Å². The number of hydrogen-bond donors (Lipinski definition) is 3. The fraction of sp³-hybridized carbons (Fsp3) is 0.150. The van der Waals surface area contributed by atoms with E-state index in [2.05, 4.69) is 5.32 Å². The highest BCUT2D eigenvalue weighted by Gasteiger charge is 2.18. The number of nitrogen functional groups attached to an aromatic ring is 1. The number of anilines is 1. The normalized spacial score (nSPS) is 10.2. The second kappa shape index (κ2) is 9.36. The molecule has 1 aromatic heterocycles. The van der Waals surface area contributed by atoms with Crippen LogP contribution in [0.4, 0.5) is 5.69 Å². The molecule has 0 aliphatic heterocycles. The first-order valence-corrected chi connectivity index (χ1v) is 8.49. The fourth-order valence-corrected chi connectivity index (χ4v) is 2.83. The Kier molecular flexibility index (Phi) is 7.16. The van der Waals surface area contributed by atoms with Crippen LogP contribution < -0.4 is 11.1 Å². The molecule has 0 aliphatic carbocycles. The number of benzene rings is 2. The Morgan fingerprint density at radius 2 is 1.82 bits per heavy atom. The number of ether oxygens (including phenoxy) is 1. The van der Waals surface area contributed by atoms with E-state index in [0.29, 0.717) is 16.9 Å². The SMILES string of the molecule is CCOC(=O)c1cc2ccccc2n1CC(=O)Nc1ccc(C(=N)N)cc1.I. The maximum atomic E-state index is 12.5. The van der Waals surface area contributed by atoms with Crippen LogP contribution in [0.5, 0.6) is 0 Å². The molecule has 0 aliphatic rings. The molecule has 0 fully saturated rings. The molecule has 7 nitrogen and oxygen atoms in total. The number of nitrogens with one attached hydrogen (secondary N) is 2. The number of carbonyl (C=O) groups excluding carboxylic acids is 2. The van der Waals surface area contributed by atoms with Crippen LogP contribution in [-0.4, -0.2) is 28.9 Å². The zero-order valence-corrected chi connectivity index (χ0v) is 17.6. The summed E-state index contributed by atoms with van der Waals surface area (Å²) in [5, 5.41) is 11.0. The second-order valence-corrected chi connectivity index (χ2v) is 5.93. The number of amides is 1. The molecule has 0 unspecified atom stereocenters. The number of amidine groups is 1. The number of fused-ring (bicyclic) bond motifs is 1. The monoisotopic (exact) mass is 492 g/mol. The molecular formula is C20H21IN4O3.